The lowest BCUT2D eigenvalue weighted by Crippen LogP contribution is -2.33. The number of phosphoric ester groups is 1. The average Bonchev–Trinajstić information content (AvgIpc) is 2.40. The van der Waals surface area contributed by atoms with E-state index in [1.807, 2.05) is 0 Å². The molecule has 0 fully saturated rings. The molecule has 1 unspecified atom stereocenters. The predicted molar refractivity (Wildman–Crippen MR) is 78.5 cm³/mol. The lowest BCUT2D eigenvalue weighted by molar-refractivity contribution is -0.345. The lowest BCUT2D eigenvalue weighted by Gasteiger charge is -2.33. The molecule has 0 heterocycles. The van der Waals surface area contributed by atoms with Crippen LogP contribution in [0.15, 0.2) is 24.3 Å². The predicted octanol–water partition coefficient (Wildman–Crippen LogP) is 0.136. The number of quaternary nitrogens is 2. The number of hydrogen-bond acceptors (Lipinski definition) is 8. The Kier molecular flexibility index (Phi) is 11.0. The van der Waals surface area contributed by atoms with E-state index >= 15 is 0 Å². The van der Waals surface area contributed by atoms with Gasteiger partial charge in [-0.2, -0.15) is 0 Å². The quantitative estimate of drug-likeness (QED) is 0.543. The Morgan fingerprint density at radius 3 is 2.26 bits per heavy atom. The van der Waals surface area contributed by atoms with Crippen LogP contribution in [0.3, 0.4) is 0 Å². The summed E-state index contributed by atoms with van der Waals surface area (Å²) in [6, 6.07) is 6.56. The molecule has 1 atom stereocenters. The third-order valence-corrected chi connectivity index (χ3v) is 2.74. The van der Waals surface area contributed by atoms with Crippen LogP contribution in [0, 0.1) is 0 Å². The van der Waals surface area contributed by atoms with Gasteiger partial charge in [-0.25, -0.2) is 4.79 Å². The number of rotatable bonds is 8. The van der Waals surface area contributed by atoms with Crippen molar-refractivity contribution in [3.63, 3.8) is 0 Å². The van der Waals surface area contributed by atoms with Crippen molar-refractivity contribution in [1.29, 1.82) is 0 Å². The van der Waals surface area contributed by atoms with Crippen LogP contribution < -0.4 is 37.3 Å². The molecule has 10 N–H and O–H groups in total. The standard InChI is InChI=1S/C11H16NO8P.2H3N/c1-17-9-4-2-3-5-10(9)18-6-8(7-19-11(12)13)20-21(14,15)16;;/h2-5,8H,6-7H2,1H3,(H2,12,13)(H2,14,15,16);2*1H3. The molecule has 0 bridgehead atoms. The molecule has 1 aromatic rings. The van der Waals surface area contributed by atoms with Gasteiger partial charge in [0.25, 0.3) is 0 Å². The smallest absolute Gasteiger partial charge is 0.404 e. The number of hydrogen-bond donors (Lipinski definition) is 3. The minimum Gasteiger partial charge on any atom is -0.790 e. The molecule has 0 aliphatic rings. The summed E-state index contributed by atoms with van der Waals surface area (Å²) in [6.07, 6.45) is -2.45. The maximum Gasteiger partial charge on any atom is 0.404 e. The van der Waals surface area contributed by atoms with Gasteiger partial charge >= 0.3 is 6.09 Å². The number of para-hydroxylation sites is 2. The van der Waals surface area contributed by atoms with Crippen LogP contribution in [0.25, 0.3) is 0 Å². The number of carbonyl (C=O) groups excluding carboxylic acids is 1. The van der Waals surface area contributed by atoms with E-state index in [0.29, 0.717) is 11.5 Å². The van der Waals surface area contributed by atoms with E-state index in [2.05, 4.69) is 9.26 Å². The Morgan fingerprint density at radius 1 is 1.22 bits per heavy atom. The number of nitrogens with two attached hydrogens (primary N) is 1. The van der Waals surface area contributed by atoms with Crippen molar-refractivity contribution in [2.24, 2.45) is 5.73 Å². The highest BCUT2D eigenvalue weighted by Gasteiger charge is 2.15. The highest BCUT2D eigenvalue weighted by atomic mass is 31.2. The molecule has 0 aliphatic heterocycles. The van der Waals surface area contributed by atoms with Gasteiger partial charge in [-0.1, -0.05) is 12.1 Å². The maximum atomic E-state index is 10.6. The highest BCUT2D eigenvalue weighted by molar-refractivity contribution is 7.43. The van der Waals surface area contributed by atoms with Gasteiger partial charge in [0.15, 0.2) is 11.5 Å². The maximum absolute atomic E-state index is 10.6. The summed E-state index contributed by atoms with van der Waals surface area (Å²) in [5.74, 6) is 0.707. The van der Waals surface area contributed by atoms with E-state index in [-0.39, 0.29) is 18.9 Å². The molecule has 0 radical (unpaired) electrons. The molecule has 23 heavy (non-hydrogen) atoms. The second-order valence-electron chi connectivity index (χ2n) is 3.77. The molecule has 1 aromatic carbocycles. The van der Waals surface area contributed by atoms with Gasteiger partial charge < -0.3 is 51.1 Å². The Hall–Kier alpha value is -1.88. The largest absolute Gasteiger partial charge is 0.790 e. The monoisotopic (exact) mass is 355 g/mol. The molecule has 0 saturated carbocycles. The van der Waals surface area contributed by atoms with Gasteiger partial charge in [-0.05, 0) is 12.1 Å². The lowest BCUT2D eigenvalue weighted by atomic mass is 10.3. The van der Waals surface area contributed by atoms with Crippen LogP contribution >= 0.6 is 7.82 Å². The fraction of sp³-hybridized carbons (Fsp3) is 0.364. The number of benzene rings is 1. The number of methoxy groups -OCH3 is 1. The number of carbonyl (C=O) groups is 1. The molecular weight excluding hydrogens is 333 g/mol. The molecule has 0 spiro atoms. The Morgan fingerprint density at radius 2 is 1.78 bits per heavy atom. The van der Waals surface area contributed by atoms with E-state index in [4.69, 9.17) is 15.2 Å². The summed E-state index contributed by atoms with van der Waals surface area (Å²) in [5, 5.41) is 0. The zero-order valence-electron chi connectivity index (χ0n) is 13.1. The molecule has 1 rings (SSSR count). The molecule has 134 valence electrons. The van der Waals surface area contributed by atoms with Crippen LogP contribution in [0.1, 0.15) is 0 Å². The normalized spacial score (nSPS) is 11.4. The van der Waals surface area contributed by atoms with Gasteiger partial charge in [0.1, 0.15) is 19.3 Å². The summed E-state index contributed by atoms with van der Waals surface area (Å²) < 4.78 is 29.6. The summed E-state index contributed by atoms with van der Waals surface area (Å²) in [5.41, 5.74) is 4.75. The van der Waals surface area contributed by atoms with Crippen LogP contribution in [0.5, 0.6) is 11.5 Å². The summed E-state index contributed by atoms with van der Waals surface area (Å²) in [7, 11) is -3.84. The van der Waals surface area contributed by atoms with E-state index < -0.39 is 26.6 Å². The Bertz CT molecular complexity index is 524. The summed E-state index contributed by atoms with van der Waals surface area (Å²) in [6.45, 7) is -0.902. The van der Waals surface area contributed by atoms with Crippen molar-refractivity contribution in [1.82, 2.24) is 12.3 Å². The van der Waals surface area contributed by atoms with Crippen LogP contribution in [-0.4, -0.2) is 32.5 Å². The first-order chi connectivity index (χ1) is 9.81. The van der Waals surface area contributed by atoms with E-state index in [1.54, 1.807) is 24.3 Å². The van der Waals surface area contributed by atoms with Crippen LogP contribution in [-0.2, 0) is 13.8 Å². The molecule has 0 aliphatic carbocycles. The number of primary amides is 1. The number of ether oxygens (including phenoxy) is 3. The zero-order valence-corrected chi connectivity index (χ0v) is 14.0. The third kappa shape index (κ3) is 9.68. The van der Waals surface area contributed by atoms with Gasteiger partial charge in [-0.3, -0.25) is 0 Å². The van der Waals surface area contributed by atoms with E-state index in [1.165, 1.54) is 7.11 Å². The van der Waals surface area contributed by atoms with Crippen molar-refractivity contribution in [2.75, 3.05) is 20.3 Å². The Balaban J connectivity index is 0. The van der Waals surface area contributed by atoms with Gasteiger partial charge in [0.2, 0.25) is 0 Å². The van der Waals surface area contributed by atoms with Gasteiger partial charge in [0, 0.05) is 0 Å². The zero-order chi connectivity index (χ0) is 15.9. The fourth-order valence-electron chi connectivity index (χ4n) is 1.39. The van der Waals surface area contributed by atoms with Crippen LogP contribution in [0.4, 0.5) is 4.79 Å². The first-order valence-corrected chi connectivity index (χ1v) is 7.16. The fourth-order valence-corrected chi connectivity index (χ4v) is 1.87. The molecular formula is C11H22N3O8P. The third-order valence-electron chi connectivity index (χ3n) is 2.18. The topological polar surface area (TPSA) is 216 Å². The Labute approximate surface area is 133 Å². The second-order valence-corrected chi connectivity index (χ2v) is 4.87. The first-order valence-electron chi connectivity index (χ1n) is 5.70. The van der Waals surface area contributed by atoms with E-state index in [0.717, 1.165) is 0 Å². The van der Waals surface area contributed by atoms with Crippen molar-refractivity contribution < 1.29 is 37.9 Å². The summed E-state index contributed by atoms with van der Waals surface area (Å²) in [4.78, 5) is 31.7. The molecule has 1 amide bonds. The SMILES string of the molecule is COc1ccccc1OCC(COC(N)=O)OP(=O)([O-])[O-].[NH4+].[NH4+]. The van der Waals surface area contributed by atoms with Gasteiger partial charge in [-0.15, -0.1) is 0 Å². The molecule has 0 aromatic heterocycles. The molecule has 12 heteroatoms. The number of amides is 1. The molecule has 11 nitrogen and oxygen atoms in total. The highest BCUT2D eigenvalue weighted by Crippen LogP contribution is 2.29. The van der Waals surface area contributed by atoms with Crippen molar-refractivity contribution in [2.45, 2.75) is 6.10 Å². The average molecular weight is 355 g/mol. The number of phosphoric acid groups is 1. The minimum absolute atomic E-state index is 0. The van der Waals surface area contributed by atoms with Crippen molar-refractivity contribution >= 4 is 13.9 Å². The first kappa shape index (κ1) is 23.4. The van der Waals surface area contributed by atoms with Crippen molar-refractivity contribution in [3.05, 3.63) is 24.3 Å². The summed E-state index contributed by atoms with van der Waals surface area (Å²) >= 11 is 0. The van der Waals surface area contributed by atoms with Crippen molar-refractivity contribution in [3.8, 4) is 11.5 Å². The second kappa shape index (κ2) is 10.8. The van der Waals surface area contributed by atoms with Gasteiger partial charge in [0.05, 0.1) is 14.9 Å². The minimum atomic E-state index is -5.27. The molecule has 0 saturated heterocycles. The van der Waals surface area contributed by atoms with Crippen LogP contribution in [0.2, 0.25) is 0 Å². The van der Waals surface area contributed by atoms with E-state index in [9.17, 15) is 19.1 Å².